The summed E-state index contributed by atoms with van der Waals surface area (Å²) in [4.78, 5) is 41.6. The SMILES string of the molecule is Cc1ccc(NC(=O)C2CC=CCC2C(=O)N2CCCCC2)c(C(=O)c2ccccc2)c1. The summed E-state index contributed by atoms with van der Waals surface area (Å²) in [7, 11) is 0. The molecule has 4 rings (SSSR count). The Morgan fingerprint density at radius 2 is 1.56 bits per heavy atom. The second kappa shape index (κ2) is 9.94. The van der Waals surface area contributed by atoms with Crippen molar-refractivity contribution in [1.29, 1.82) is 0 Å². The molecule has 2 aromatic carbocycles. The molecule has 0 aromatic heterocycles. The number of hydrogen-bond donors (Lipinski definition) is 1. The van der Waals surface area contributed by atoms with E-state index in [4.69, 9.17) is 0 Å². The second-order valence-corrected chi connectivity index (χ2v) is 8.78. The number of nitrogens with zero attached hydrogens (tertiary/aromatic N) is 1. The Labute approximate surface area is 189 Å². The number of nitrogens with one attached hydrogen (secondary N) is 1. The van der Waals surface area contributed by atoms with Gasteiger partial charge in [0.2, 0.25) is 11.8 Å². The molecule has 5 nitrogen and oxygen atoms in total. The van der Waals surface area contributed by atoms with Crippen molar-refractivity contribution in [3.8, 4) is 0 Å². The molecule has 1 N–H and O–H groups in total. The van der Waals surface area contributed by atoms with Crippen molar-refractivity contribution in [2.75, 3.05) is 18.4 Å². The van der Waals surface area contributed by atoms with Crippen LogP contribution in [0.1, 0.15) is 53.6 Å². The Morgan fingerprint density at radius 1 is 0.875 bits per heavy atom. The highest BCUT2D eigenvalue weighted by Gasteiger charge is 2.37. The maximum Gasteiger partial charge on any atom is 0.228 e. The Morgan fingerprint density at radius 3 is 2.28 bits per heavy atom. The fourth-order valence-electron chi connectivity index (χ4n) is 4.65. The summed E-state index contributed by atoms with van der Waals surface area (Å²) in [6.45, 7) is 3.48. The topological polar surface area (TPSA) is 66.5 Å². The van der Waals surface area contributed by atoms with Gasteiger partial charge in [0.25, 0.3) is 0 Å². The van der Waals surface area contributed by atoms with Crippen LogP contribution < -0.4 is 5.32 Å². The van der Waals surface area contributed by atoms with Crippen molar-refractivity contribution in [3.05, 3.63) is 77.4 Å². The molecule has 2 atom stereocenters. The molecule has 2 aliphatic rings. The number of amides is 2. The van der Waals surface area contributed by atoms with Gasteiger partial charge in [-0.15, -0.1) is 0 Å². The zero-order valence-electron chi connectivity index (χ0n) is 18.5. The van der Waals surface area contributed by atoms with E-state index < -0.39 is 5.92 Å². The average Bonchev–Trinajstić information content (AvgIpc) is 2.85. The van der Waals surface area contributed by atoms with E-state index in [1.165, 1.54) is 0 Å². The maximum atomic E-state index is 13.3. The molecule has 2 unspecified atom stereocenters. The molecule has 1 aliphatic carbocycles. The van der Waals surface area contributed by atoms with E-state index in [9.17, 15) is 14.4 Å². The standard InChI is InChI=1S/C27H30N2O3/c1-19-14-15-24(23(18-19)25(30)20-10-4-2-5-11-20)28-26(31)21-12-6-7-13-22(21)27(32)29-16-8-3-9-17-29/h2,4-7,10-11,14-15,18,21-22H,3,8-9,12-13,16-17H2,1H3,(H,28,31). The number of piperidine rings is 1. The zero-order chi connectivity index (χ0) is 22.5. The van der Waals surface area contributed by atoms with Crippen LogP contribution in [0.25, 0.3) is 0 Å². The lowest BCUT2D eigenvalue weighted by Crippen LogP contribution is -2.45. The van der Waals surface area contributed by atoms with E-state index in [-0.39, 0.29) is 23.5 Å². The normalized spacial score (nSPS) is 20.6. The van der Waals surface area contributed by atoms with Crippen molar-refractivity contribution in [2.24, 2.45) is 11.8 Å². The monoisotopic (exact) mass is 430 g/mol. The number of aryl methyl sites for hydroxylation is 1. The van der Waals surface area contributed by atoms with Crippen LogP contribution in [0.2, 0.25) is 0 Å². The highest BCUT2D eigenvalue weighted by atomic mass is 16.2. The van der Waals surface area contributed by atoms with Crippen LogP contribution >= 0.6 is 0 Å². The van der Waals surface area contributed by atoms with Crippen LogP contribution in [0.4, 0.5) is 5.69 Å². The number of likely N-dealkylation sites (tertiary alicyclic amines) is 1. The molecule has 1 fully saturated rings. The summed E-state index contributed by atoms with van der Waals surface area (Å²) in [6.07, 6.45) is 8.31. The quantitative estimate of drug-likeness (QED) is 0.549. The predicted octanol–water partition coefficient (Wildman–Crippen LogP) is 4.76. The number of rotatable bonds is 5. The Balaban J connectivity index is 1.55. The van der Waals surface area contributed by atoms with Crippen LogP contribution in [0.5, 0.6) is 0 Å². The number of anilines is 1. The molecule has 0 radical (unpaired) electrons. The van der Waals surface area contributed by atoms with Gasteiger partial charge in [0, 0.05) is 24.2 Å². The van der Waals surface area contributed by atoms with Crippen molar-refractivity contribution in [1.82, 2.24) is 4.90 Å². The molecule has 0 saturated carbocycles. The molecular weight excluding hydrogens is 400 g/mol. The second-order valence-electron chi connectivity index (χ2n) is 8.78. The van der Waals surface area contributed by atoms with E-state index >= 15 is 0 Å². The number of benzene rings is 2. The minimum absolute atomic E-state index is 0.0821. The summed E-state index contributed by atoms with van der Waals surface area (Å²) >= 11 is 0. The zero-order valence-corrected chi connectivity index (χ0v) is 18.5. The average molecular weight is 431 g/mol. The smallest absolute Gasteiger partial charge is 0.228 e. The highest BCUT2D eigenvalue weighted by molar-refractivity contribution is 6.14. The summed E-state index contributed by atoms with van der Waals surface area (Å²) < 4.78 is 0. The number of ketones is 1. The first-order valence-corrected chi connectivity index (χ1v) is 11.5. The minimum Gasteiger partial charge on any atom is -0.342 e. The number of allylic oxidation sites excluding steroid dienone is 2. The van der Waals surface area contributed by atoms with Gasteiger partial charge in [-0.1, -0.05) is 54.1 Å². The van der Waals surface area contributed by atoms with Gasteiger partial charge >= 0.3 is 0 Å². The minimum atomic E-state index is -0.435. The predicted molar refractivity (Wildman–Crippen MR) is 125 cm³/mol. The van der Waals surface area contributed by atoms with Gasteiger partial charge < -0.3 is 10.2 Å². The van der Waals surface area contributed by atoms with Crippen molar-refractivity contribution >= 4 is 23.3 Å². The third kappa shape index (κ3) is 4.82. The number of carbonyl (C=O) groups excluding carboxylic acids is 3. The molecule has 0 bridgehead atoms. The van der Waals surface area contributed by atoms with Gasteiger partial charge in [0.05, 0.1) is 17.5 Å². The largest absolute Gasteiger partial charge is 0.342 e. The van der Waals surface area contributed by atoms with Gasteiger partial charge in [0.15, 0.2) is 5.78 Å². The number of carbonyl (C=O) groups is 3. The lowest BCUT2D eigenvalue weighted by molar-refractivity contribution is -0.141. The molecule has 5 heteroatoms. The molecule has 1 aliphatic heterocycles. The van der Waals surface area contributed by atoms with E-state index in [1.54, 1.807) is 18.2 Å². The van der Waals surface area contributed by atoms with Crippen LogP contribution in [0, 0.1) is 18.8 Å². The van der Waals surface area contributed by atoms with Gasteiger partial charge in [-0.2, -0.15) is 0 Å². The van der Waals surface area contributed by atoms with E-state index in [2.05, 4.69) is 5.32 Å². The molecule has 0 spiro atoms. The van der Waals surface area contributed by atoms with Crippen LogP contribution in [-0.4, -0.2) is 35.6 Å². The lowest BCUT2D eigenvalue weighted by Gasteiger charge is -2.34. The number of hydrogen-bond acceptors (Lipinski definition) is 3. The first kappa shape index (κ1) is 22.0. The van der Waals surface area contributed by atoms with Gasteiger partial charge in [0.1, 0.15) is 0 Å². The molecule has 166 valence electrons. The Kier molecular flexibility index (Phi) is 6.84. The molecule has 32 heavy (non-hydrogen) atoms. The van der Waals surface area contributed by atoms with Crippen molar-refractivity contribution in [3.63, 3.8) is 0 Å². The Hall–Kier alpha value is -3.21. The molecule has 2 aromatic rings. The van der Waals surface area contributed by atoms with Crippen LogP contribution in [0.15, 0.2) is 60.7 Å². The Bertz CT molecular complexity index is 1020. The van der Waals surface area contributed by atoms with E-state index in [1.807, 2.05) is 54.3 Å². The first-order valence-electron chi connectivity index (χ1n) is 11.5. The fourth-order valence-corrected chi connectivity index (χ4v) is 4.65. The fraction of sp³-hybridized carbons (Fsp3) is 0.370. The molecule has 2 amide bonds. The van der Waals surface area contributed by atoms with E-state index in [0.717, 1.165) is 37.9 Å². The molecular formula is C27H30N2O3. The van der Waals surface area contributed by atoms with Gasteiger partial charge in [-0.05, 0) is 51.2 Å². The molecule has 1 saturated heterocycles. The van der Waals surface area contributed by atoms with Crippen LogP contribution in [0.3, 0.4) is 0 Å². The van der Waals surface area contributed by atoms with Crippen LogP contribution in [-0.2, 0) is 9.59 Å². The maximum absolute atomic E-state index is 13.3. The lowest BCUT2D eigenvalue weighted by atomic mass is 9.81. The summed E-state index contributed by atoms with van der Waals surface area (Å²) in [5.41, 5.74) is 2.48. The van der Waals surface area contributed by atoms with Crippen molar-refractivity contribution < 1.29 is 14.4 Å². The van der Waals surface area contributed by atoms with Gasteiger partial charge in [-0.25, -0.2) is 0 Å². The van der Waals surface area contributed by atoms with Crippen molar-refractivity contribution in [2.45, 2.75) is 39.0 Å². The summed E-state index contributed by atoms with van der Waals surface area (Å²) in [5.74, 6) is -1.03. The summed E-state index contributed by atoms with van der Waals surface area (Å²) in [6, 6.07) is 14.5. The van der Waals surface area contributed by atoms with Gasteiger partial charge in [-0.3, -0.25) is 14.4 Å². The highest BCUT2D eigenvalue weighted by Crippen LogP contribution is 2.31. The first-order chi connectivity index (χ1) is 15.5. The van der Waals surface area contributed by atoms with E-state index in [0.29, 0.717) is 29.7 Å². The third-order valence-electron chi connectivity index (χ3n) is 6.47. The third-order valence-corrected chi connectivity index (χ3v) is 6.47. The summed E-state index contributed by atoms with van der Waals surface area (Å²) in [5, 5.41) is 2.98. The molecule has 1 heterocycles.